The molecule has 0 heterocycles. The van der Waals surface area contributed by atoms with E-state index in [0.29, 0.717) is 22.2 Å². The fraction of sp³-hybridized carbons (Fsp3) is 0.294. The first-order chi connectivity index (χ1) is 12.9. The van der Waals surface area contributed by atoms with Crippen LogP contribution >= 0.6 is 23.2 Å². The van der Waals surface area contributed by atoms with Gasteiger partial charge in [-0.2, -0.15) is 0 Å². The van der Waals surface area contributed by atoms with Crippen LogP contribution in [0.1, 0.15) is 11.6 Å². The highest BCUT2D eigenvalue weighted by Crippen LogP contribution is 2.28. The van der Waals surface area contributed by atoms with E-state index >= 15 is 0 Å². The predicted molar refractivity (Wildman–Crippen MR) is 103 cm³/mol. The van der Waals surface area contributed by atoms with E-state index in [1.807, 2.05) is 4.90 Å². The fourth-order valence-electron chi connectivity index (χ4n) is 2.41. The van der Waals surface area contributed by atoms with Crippen molar-refractivity contribution in [2.45, 2.75) is 17.3 Å². The van der Waals surface area contributed by atoms with Gasteiger partial charge in [0, 0.05) is 6.54 Å². The first-order valence-corrected chi connectivity index (χ1v) is 10.2. The third-order valence-corrected chi connectivity index (χ3v) is 5.88. The maximum atomic E-state index is 12.9. The molecule has 154 valence electrons. The molecule has 0 spiro atoms. The molecule has 0 saturated carbocycles. The van der Waals surface area contributed by atoms with Crippen molar-refractivity contribution >= 4 is 33.1 Å². The molecule has 0 fully saturated rings. The van der Waals surface area contributed by atoms with Gasteiger partial charge in [0.15, 0.2) is 0 Å². The normalized spacial score (nSPS) is 15.3. The van der Waals surface area contributed by atoms with E-state index in [1.54, 1.807) is 32.3 Å². The minimum atomic E-state index is -4.83. The Bertz CT molecular complexity index is 920. The van der Waals surface area contributed by atoms with Gasteiger partial charge in [-0.3, -0.25) is 0 Å². The third-order valence-electron chi connectivity index (χ3n) is 3.59. The number of alkyl halides is 3. The summed E-state index contributed by atoms with van der Waals surface area (Å²) in [4.78, 5) is 1.85. The molecule has 2 atom stereocenters. The summed E-state index contributed by atoms with van der Waals surface area (Å²) < 4.78 is 64.5. The highest BCUT2D eigenvalue weighted by Gasteiger charge is 2.31. The van der Waals surface area contributed by atoms with Crippen LogP contribution in [0.15, 0.2) is 47.4 Å². The molecule has 2 rings (SSSR count). The van der Waals surface area contributed by atoms with Crippen LogP contribution in [0.3, 0.4) is 0 Å². The molecular weight excluding hydrogens is 438 g/mol. The van der Waals surface area contributed by atoms with E-state index in [9.17, 15) is 17.4 Å². The number of nitrogens with one attached hydrogen (secondary N) is 2. The first kappa shape index (κ1) is 22.8. The highest BCUT2D eigenvalue weighted by molar-refractivity contribution is 7.90. The summed E-state index contributed by atoms with van der Waals surface area (Å²) in [7, 11) is 0.0873. The topological polar surface area (TPSA) is 65.4 Å². The standard InChI is InChI=1S/C17H18Cl2F3N3O2S/c1-25(2)10-16(11-3-8-14(18)15(19)9-11)24-28(23,26)13-6-4-12(5-7-13)27-17(20,21)22/h3-9,16H,10H2,1-2H3,(H2,23,24,26)/t16-,28?/m0/s1. The van der Waals surface area contributed by atoms with Gasteiger partial charge in [-0.25, -0.2) is 13.7 Å². The molecule has 0 aromatic heterocycles. The average Bonchev–Trinajstić information content (AvgIpc) is 2.55. The van der Waals surface area contributed by atoms with Gasteiger partial charge in [0.2, 0.25) is 0 Å². The number of benzene rings is 2. The Morgan fingerprint density at radius 3 is 2.25 bits per heavy atom. The molecule has 2 aromatic carbocycles. The minimum absolute atomic E-state index is 0.0193. The fourth-order valence-corrected chi connectivity index (χ4v) is 3.98. The van der Waals surface area contributed by atoms with E-state index < -0.39 is 28.1 Å². The van der Waals surface area contributed by atoms with Crippen molar-refractivity contribution in [3.05, 3.63) is 58.1 Å². The SMILES string of the molecule is CN(C)C[C@H](NS(=N)(=O)c1ccc(OC(F)(F)F)cc1)c1ccc(Cl)c(Cl)c1. The second kappa shape index (κ2) is 8.87. The molecule has 0 radical (unpaired) electrons. The quantitative estimate of drug-likeness (QED) is 0.609. The number of nitrogens with zero attached hydrogens (tertiary/aromatic N) is 1. The van der Waals surface area contributed by atoms with Gasteiger partial charge < -0.3 is 9.64 Å². The lowest BCUT2D eigenvalue weighted by atomic mass is 10.1. The van der Waals surface area contributed by atoms with Gasteiger partial charge >= 0.3 is 6.36 Å². The maximum absolute atomic E-state index is 12.9. The molecule has 2 aromatic rings. The molecule has 0 amide bonds. The van der Waals surface area contributed by atoms with Crippen molar-refractivity contribution in [2.75, 3.05) is 20.6 Å². The van der Waals surface area contributed by atoms with Crippen molar-refractivity contribution in [2.24, 2.45) is 0 Å². The van der Waals surface area contributed by atoms with Gasteiger partial charge in [-0.1, -0.05) is 29.3 Å². The molecule has 0 aliphatic carbocycles. The second-order valence-electron chi connectivity index (χ2n) is 6.18. The van der Waals surface area contributed by atoms with Crippen molar-refractivity contribution in [1.29, 1.82) is 4.78 Å². The zero-order valence-corrected chi connectivity index (χ0v) is 17.2. The Morgan fingerprint density at radius 2 is 1.75 bits per heavy atom. The lowest BCUT2D eigenvalue weighted by Crippen LogP contribution is -2.34. The molecule has 2 N–H and O–H groups in total. The summed E-state index contributed by atoms with van der Waals surface area (Å²) in [6.07, 6.45) is -4.83. The number of ether oxygens (including phenoxy) is 1. The molecule has 0 aliphatic heterocycles. The zero-order chi connectivity index (χ0) is 21.1. The lowest BCUT2D eigenvalue weighted by Gasteiger charge is -2.24. The Balaban J connectivity index is 2.28. The Morgan fingerprint density at radius 1 is 1.14 bits per heavy atom. The Labute approximate surface area is 171 Å². The molecule has 0 aliphatic rings. The van der Waals surface area contributed by atoms with Crippen LogP contribution in [0, 0.1) is 4.78 Å². The molecule has 28 heavy (non-hydrogen) atoms. The van der Waals surface area contributed by atoms with Crippen molar-refractivity contribution in [3.63, 3.8) is 0 Å². The maximum Gasteiger partial charge on any atom is 0.573 e. The minimum Gasteiger partial charge on any atom is -0.406 e. The van der Waals surface area contributed by atoms with Crippen LogP contribution in [0.2, 0.25) is 10.0 Å². The summed E-state index contributed by atoms with van der Waals surface area (Å²) in [5.41, 5.74) is 0.667. The van der Waals surface area contributed by atoms with Gasteiger partial charge in [0.1, 0.15) is 15.7 Å². The van der Waals surface area contributed by atoms with Crippen LogP contribution in [-0.4, -0.2) is 36.1 Å². The van der Waals surface area contributed by atoms with Gasteiger partial charge in [-0.05, 0) is 56.1 Å². The van der Waals surface area contributed by atoms with Crippen molar-refractivity contribution in [3.8, 4) is 5.75 Å². The zero-order valence-electron chi connectivity index (χ0n) is 14.9. The number of hydrogen-bond donors (Lipinski definition) is 2. The van der Waals surface area contributed by atoms with Crippen LogP contribution in [0.25, 0.3) is 0 Å². The van der Waals surface area contributed by atoms with E-state index in [0.717, 1.165) is 24.3 Å². The van der Waals surface area contributed by atoms with Crippen molar-refractivity contribution < 1.29 is 22.1 Å². The Kier molecular flexibility index (Phi) is 7.22. The lowest BCUT2D eigenvalue weighted by molar-refractivity contribution is -0.274. The molecular formula is C17H18Cl2F3N3O2S. The number of hydrogen-bond acceptors (Lipinski definition) is 4. The van der Waals surface area contributed by atoms with Crippen LogP contribution < -0.4 is 9.46 Å². The summed E-state index contributed by atoms with van der Waals surface area (Å²) >= 11 is 12.0. The average molecular weight is 456 g/mol. The van der Waals surface area contributed by atoms with E-state index in [-0.39, 0.29) is 4.90 Å². The summed E-state index contributed by atoms with van der Waals surface area (Å²) in [5, 5.41) is 0.677. The van der Waals surface area contributed by atoms with E-state index in [2.05, 4.69) is 9.46 Å². The van der Waals surface area contributed by atoms with E-state index in [1.165, 1.54) is 0 Å². The van der Waals surface area contributed by atoms with Gasteiger partial charge in [0.25, 0.3) is 0 Å². The summed E-state index contributed by atoms with van der Waals surface area (Å²) in [6.45, 7) is 0.392. The number of rotatable bonds is 7. The molecule has 11 heteroatoms. The predicted octanol–water partition coefficient (Wildman–Crippen LogP) is 5.11. The smallest absolute Gasteiger partial charge is 0.406 e. The number of halogens is 5. The third kappa shape index (κ3) is 6.52. The molecule has 0 bridgehead atoms. The first-order valence-electron chi connectivity index (χ1n) is 7.89. The van der Waals surface area contributed by atoms with Crippen LogP contribution in [0.5, 0.6) is 5.75 Å². The monoisotopic (exact) mass is 455 g/mol. The number of likely N-dealkylation sites (N-methyl/N-ethyl adjacent to an activating group) is 1. The molecule has 1 unspecified atom stereocenters. The Hall–Kier alpha value is -1.52. The molecule has 0 saturated heterocycles. The van der Waals surface area contributed by atoms with Crippen LogP contribution in [-0.2, 0) is 9.92 Å². The van der Waals surface area contributed by atoms with E-state index in [4.69, 9.17) is 28.0 Å². The highest BCUT2D eigenvalue weighted by atomic mass is 35.5. The van der Waals surface area contributed by atoms with Crippen molar-refractivity contribution in [1.82, 2.24) is 9.62 Å². The summed E-state index contributed by atoms with van der Waals surface area (Å²) in [6, 6.07) is 8.71. The van der Waals surface area contributed by atoms with Gasteiger partial charge in [0.05, 0.1) is 21.0 Å². The van der Waals surface area contributed by atoms with Crippen LogP contribution in [0.4, 0.5) is 13.2 Å². The van der Waals surface area contributed by atoms with Gasteiger partial charge in [-0.15, -0.1) is 13.2 Å². The largest absolute Gasteiger partial charge is 0.573 e. The molecule has 5 nitrogen and oxygen atoms in total. The second-order valence-corrected chi connectivity index (χ2v) is 8.82. The summed E-state index contributed by atoms with van der Waals surface area (Å²) in [5.74, 6) is -0.458.